The minimum absolute atomic E-state index is 0.140. The highest BCUT2D eigenvalue weighted by Gasteiger charge is 2.35. The Morgan fingerprint density at radius 1 is 0.917 bits per heavy atom. The molecule has 3 aromatic heterocycles. The summed E-state index contributed by atoms with van der Waals surface area (Å²) in [5.41, 5.74) is 4.22. The first-order chi connectivity index (χ1) is 17.4. The number of halogens is 2. The Labute approximate surface area is 205 Å². The van der Waals surface area contributed by atoms with Crippen molar-refractivity contribution in [3.05, 3.63) is 91.1 Å². The molecule has 2 aromatic carbocycles. The number of rotatable bonds is 6. The fourth-order valence-electron chi connectivity index (χ4n) is 4.10. The summed E-state index contributed by atoms with van der Waals surface area (Å²) in [6.45, 7) is 0. The van der Waals surface area contributed by atoms with Crippen molar-refractivity contribution in [1.82, 2.24) is 19.5 Å². The van der Waals surface area contributed by atoms with Crippen LogP contribution in [0.25, 0.3) is 39.1 Å². The molecule has 0 saturated heterocycles. The highest BCUT2D eigenvalue weighted by molar-refractivity contribution is 7.93. The molecule has 5 aromatic rings. The molecule has 0 amide bonds. The molecule has 0 radical (unpaired) electrons. The van der Waals surface area contributed by atoms with Crippen LogP contribution in [0.4, 0.5) is 14.5 Å². The van der Waals surface area contributed by atoms with E-state index in [9.17, 15) is 17.2 Å². The van der Waals surface area contributed by atoms with E-state index in [2.05, 4.69) is 19.7 Å². The summed E-state index contributed by atoms with van der Waals surface area (Å²) in [6, 6.07) is 13.8. The van der Waals surface area contributed by atoms with Crippen molar-refractivity contribution in [2.24, 2.45) is 0 Å². The number of sulfonamides is 1. The maximum absolute atomic E-state index is 14.7. The van der Waals surface area contributed by atoms with Gasteiger partial charge in [0, 0.05) is 41.3 Å². The van der Waals surface area contributed by atoms with E-state index in [4.69, 9.17) is 0 Å². The summed E-state index contributed by atoms with van der Waals surface area (Å²) < 4.78 is 57.8. The predicted molar refractivity (Wildman–Crippen MR) is 133 cm³/mol. The molecule has 6 rings (SSSR count). The number of imidazole rings is 1. The van der Waals surface area contributed by atoms with Crippen LogP contribution < -0.4 is 4.72 Å². The van der Waals surface area contributed by atoms with Gasteiger partial charge in [-0.25, -0.2) is 27.2 Å². The van der Waals surface area contributed by atoms with E-state index in [1.165, 1.54) is 12.1 Å². The van der Waals surface area contributed by atoms with Crippen molar-refractivity contribution in [3.8, 4) is 27.9 Å². The van der Waals surface area contributed by atoms with E-state index in [0.717, 1.165) is 23.3 Å². The number of hydrogen-bond donors (Lipinski definition) is 1. The number of nitrogens with zero attached hydrogens (tertiary/aromatic N) is 4. The molecular weight excluding hydrogens is 484 g/mol. The zero-order chi connectivity index (χ0) is 24.9. The van der Waals surface area contributed by atoms with E-state index in [-0.39, 0.29) is 11.3 Å². The number of nitrogens with one attached hydrogen (secondary N) is 1. The van der Waals surface area contributed by atoms with Crippen molar-refractivity contribution in [2.75, 3.05) is 4.72 Å². The lowest BCUT2D eigenvalue weighted by Crippen LogP contribution is -2.17. The molecule has 0 aliphatic heterocycles. The van der Waals surface area contributed by atoms with Gasteiger partial charge < -0.3 is 0 Å². The van der Waals surface area contributed by atoms with Gasteiger partial charge in [-0.3, -0.25) is 14.3 Å². The third kappa shape index (κ3) is 4.20. The molecule has 1 N–H and O–H groups in total. The maximum atomic E-state index is 14.7. The summed E-state index contributed by atoms with van der Waals surface area (Å²) >= 11 is 0. The first-order valence-electron chi connectivity index (χ1n) is 11.2. The van der Waals surface area contributed by atoms with Gasteiger partial charge in [-0.15, -0.1) is 0 Å². The first kappa shape index (κ1) is 22.3. The quantitative estimate of drug-likeness (QED) is 0.338. The molecule has 1 aliphatic rings. The number of benzene rings is 2. The zero-order valence-corrected chi connectivity index (χ0v) is 19.6. The highest BCUT2D eigenvalue weighted by atomic mass is 32.2. The van der Waals surface area contributed by atoms with Gasteiger partial charge in [0.05, 0.1) is 16.6 Å². The second-order valence-electron chi connectivity index (χ2n) is 8.66. The van der Waals surface area contributed by atoms with Gasteiger partial charge in [-0.2, -0.15) is 0 Å². The fraction of sp³-hybridized carbons (Fsp3) is 0.115. The molecule has 0 unspecified atom stereocenters. The molecular formula is C26H19F2N5O2S. The average molecular weight is 504 g/mol. The Kier molecular flexibility index (Phi) is 5.26. The fourth-order valence-corrected chi connectivity index (χ4v) is 5.47. The van der Waals surface area contributed by atoms with Gasteiger partial charge in [0.2, 0.25) is 10.0 Å². The number of anilines is 1. The summed E-state index contributed by atoms with van der Waals surface area (Å²) in [6.07, 6.45) is 7.91. The minimum Gasteiger partial charge on any atom is -0.283 e. The zero-order valence-electron chi connectivity index (χ0n) is 18.8. The molecule has 10 heteroatoms. The van der Waals surface area contributed by atoms with Crippen LogP contribution in [0, 0.1) is 11.6 Å². The van der Waals surface area contributed by atoms with Crippen LogP contribution in [0.3, 0.4) is 0 Å². The lowest BCUT2D eigenvalue weighted by Gasteiger charge is -2.14. The summed E-state index contributed by atoms with van der Waals surface area (Å²) in [5, 5.41) is -0.436. The number of fused-ring (bicyclic) bond motifs is 1. The highest BCUT2D eigenvalue weighted by Crippen LogP contribution is 2.34. The van der Waals surface area contributed by atoms with Crippen molar-refractivity contribution in [3.63, 3.8) is 0 Å². The van der Waals surface area contributed by atoms with Crippen LogP contribution >= 0.6 is 0 Å². The van der Waals surface area contributed by atoms with E-state index in [0.29, 0.717) is 35.3 Å². The van der Waals surface area contributed by atoms with Crippen molar-refractivity contribution in [2.45, 2.75) is 18.1 Å². The number of aromatic nitrogens is 4. The first-order valence-corrected chi connectivity index (χ1v) is 12.8. The van der Waals surface area contributed by atoms with E-state index >= 15 is 0 Å². The van der Waals surface area contributed by atoms with Crippen molar-refractivity contribution in [1.29, 1.82) is 0 Å². The smallest absolute Gasteiger partial charge is 0.235 e. The second-order valence-corrected chi connectivity index (χ2v) is 10.6. The summed E-state index contributed by atoms with van der Waals surface area (Å²) in [4.78, 5) is 13.2. The third-order valence-electron chi connectivity index (χ3n) is 6.04. The van der Waals surface area contributed by atoms with Crippen LogP contribution in [0.15, 0.2) is 79.5 Å². The largest absolute Gasteiger partial charge is 0.283 e. The average Bonchev–Trinajstić information content (AvgIpc) is 3.65. The van der Waals surface area contributed by atoms with E-state index in [1.807, 2.05) is 18.2 Å². The molecule has 1 saturated carbocycles. The third-order valence-corrected chi connectivity index (χ3v) is 7.91. The molecule has 1 fully saturated rings. The molecule has 180 valence electrons. The van der Waals surface area contributed by atoms with Crippen LogP contribution in [0.5, 0.6) is 0 Å². The topological polar surface area (TPSA) is 89.8 Å². The van der Waals surface area contributed by atoms with E-state index < -0.39 is 26.9 Å². The maximum Gasteiger partial charge on any atom is 0.235 e. The van der Waals surface area contributed by atoms with Crippen LogP contribution in [0.2, 0.25) is 0 Å². The van der Waals surface area contributed by atoms with Crippen LogP contribution in [0.1, 0.15) is 12.8 Å². The van der Waals surface area contributed by atoms with Crippen LogP contribution in [-0.4, -0.2) is 33.2 Å². The van der Waals surface area contributed by atoms with Crippen molar-refractivity contribution >= 4 is 26.9 Å². The Bertz CT molecular complexity index is 1720. The number of pyridine rings is 2. The molecule has 0 spiro atoms. The molecule has 7 nitrogen and oxygen atoms in total. The van der Waals surface area contributed by atoms with Gasteiger partial charge in [-0.05, 0) is 60.9 Å². The summed E-state index contributed by atoms with van der Waals surface area (Å²) in [7, 11) is -3.57. The summed E-state index contributed by atoms with van der Waals surface area (Å²) in [5.74, 6) is -1.45. The van der Waals surface area contributed by atoms with Gasteiger partial charge >= 0.3 is 0 Å². The molecule has 0 atom stereocenters. The Morgan fingerprint density at radius 2 is 1.78 bits per heavy atom. The Morgan fingerprint density at radius 3 is 2.53 bits per heavy atom. The molecule has 36 heavy (non-hydrogen) atoms. The van der Waals surface area contributed by atoms with Gasteiger partial charge in [-0.1, -0.05) is 6.07 Å². The lowest BCUT2D eigenvalue weighted by molar-refractivity contribution is 0.585. The monoisotopic (exact) mass is 503 g/mol. The minimum atomic E-state index is -3.57. The van der Waals surface area contributed by atoms with Crippen molar-refractivity contribution < 1.29 is 17.2 Å². The molecule has 3 heterocycles. The molecule has 1 aliphatic carbocycles. The Hall–Kier alpha value is -4.18. The second kappa shape index (κ2) is 8.49. The van der Waals surface area contributed by atoms with Gasteiger partial charge in [0.1, 0.15) is 23.5 Å². The SMILES string of the molecule is O=S(=O)(Nc1cc(-c2ccc(F)cc2F)cc(-n2cnc3cc(-c4cccnc4)cnc32)c1)C1CC1. The standard InChI is InChI=1S/C26H19F2N5O2S/c27-19-3-6-23(24(28)11-19)17-8-20(32-36(34,35)22-4-5-22)12-21(9-17)33-15-31-25-10-18(14-30-26(25)33)16-2-1-7-29-13-16/h1-3,6-15,22,32H,4-5H2. The molecule has 0 bridgehead atoms. The predicted octanol–water partition coefficient (Wildman–Crippen LogP) is 5.33. The normalized spacial score (nSPS) is 13.7. The van der Waals surface area contributed by atoms with Crippen LogP contribution in [-0.2, 0) is 10.0 Å². The Balaban J connectivity index is 1.48. The van der Waals surface area contributed by atoms with Gasteiger partial charge in [0.15, 0.2) is 5.65 Å². The number of hydrogen-bond acceptors (Lipinski definition) is 5. The van der Waals surface area contributed by atoms with Gasteiger partial charge in [0.25, 0.3) is 0 Å². The lowest BCUT2D eigenvalue weighted by atomic mass is 10.0. The van der Waals surface area contributed by atoms with E-state index in [1.54, 1.807) is 41.6 Å².